The van der Waals surface area contributed by atoms with Gasteiger partial charge >= 0.3 is 23.9 Å². The van der Waals surface area contributed by atoms with Gasteiger partial charge < -0.3 is 45.9 Å². The summed E-state index contributed by atoms with van der Waals surface area (Å²) in [6, 6.07) is 0. The van der Waals surface area contributed by atoms with Gasteiger partial charge in [0.05, 0.1) is 24.5 Å². The Kier molecular flexibility index (Phi) is 203. The van der Waals surface area contributed by atoms with Crippen molar-refractivity contribution in [3.05, 3.63) is 0 Å². The molecule has 0 rings (SSSR count). The Morgan fingerprint density at radius 2 is 0.569 bits per heavy atom. The average molecular weight is 1210 g/mol. The smallest absolute Gasteiger partial charge is 0.306 e. The number of nitrogens with two attached hydrogens (primary N) is 2. The summed E-state index contributed by atoms with van der Waals surface area (Å²) in [5.74, 6) is 2.68. The standard InChI is InChI=1S/3C7H14O2.C3H6O2.C2H7N.2C2H4O2.C2H6S2.4C2H6S.3CH2NP.2CH5N/c3*1-5-6(8)9-7(2,3)4;1-3(4)5-2;1-3-2;2*1-2(3)4;1-3-4-2;4*1-3-2;3*2-1-3;2*1-2/h3*5H2,1-4H3;1-2H3;3H,1-2H3;2*1H3,(H,3,4);1-2H3;4*1-2H3;3*3H2;2*2H2,1H3. The number of ether oxygens (including phenoxy) is 4. The van der Waals surface area contributed by atoms with Gasteiger partial charge in [0.1, 0.15) is 16.8 Å². The summed E-state index contributed by atoms with van der Waals surface area (Å²) < 4.78 is 19.0. The van der Waals surface area contributed by atoms with Crippen molar-refractivity contribution in [3.63, 3.8) is 0 Å². The molecule has 7 N–H and O–H groups in total. The zero-order chi connectivity index (χ0) is 63.0. The van der Waals surface area contributed by atoms with Crippen LogP contribution in [0.2, 0.25) is 0 Å². The number of aliphatic carboxylic acids is 2. The maximum absolute atomic E-state index is 10.6. The molecule has 0 aromatic rings. The second-order valence-corrected chi connectivity index (χ2v) is 20.1. The van der Waals surface area contributed by atoms with E-state index in [1.54, 1.807) is 107 Å². The molecule has 72 heavy (non-hydrogen) atoms. The molecule has 0 aliphatic rings. The number of carbonyl (C=O) groups excluding carboxylic acids is 4. The molecule has 0 radical (unpaired) electrons. The van der Waals surface area contributed by atoms with E-state index in [1.807, 2.05) is 154 Å². The number of hydrogen-bond acceptors (Lipinski definition) is 22. The number of nitrogens with one attached hydrogen (secondary N) is 1. The third-order valence-corrected chi connectivity index (χ3v) is 3.91. The van der Waals surface area contributed by atoms with Gasteiger partial charge in [0, 0.05) is 40.0 Å². The van der Waals surface area contributed by atoms with Gasteiger partial charge in [-0.2, -0.15) is 62.8 Å². The fraction of sp³-hybridized carbons (Fsp3) is 0.800. The van der Waals surface area contributed by atoms with Crippen molar-refractivity contribution in [1.82, 2.24) is 5.32 Å². The molecular formula is C45H109N6O12P3S6. The summed E-state index contributed by atoms with van der Waals surface area (Å²) in [5, 5.41) is 39.4. The number of carbonyl (C=O) groups is 6. The van der Waals surface area contributed by atoms with Gasteiger partial charge in [-0.1, -0.05) is 42.4 Å². The topological polar surface area (TPSA) is 315 Å². The van der Waals surface area contributed by atoms with E-state index in [1.165, 1.54) is 28.1 Å². The van der Waals surface area contributed by atoms with Gasteiger partial charge in [-0.05, 0) is 181 Å². The lowest BCUT2D eigenvalue weighted by Gasteiger charge is -2.18. The molecule has 0 aliphatic heterocycles. The molecule has 442 valence electrons. The second-order valence-electron chi connectivity index (χ2n) is 13.4. The Hall–Kier alpha value is -1.44. The van der Waals surface area contributed by atoms with Gasteiger partial charge in [-0.25, -0.2) is 0 Å². The average Bonchev–Trinajstić information content (AvgIpc) is 3.23. The number of methoxy groups -OCH3 is 1. The van der Waals surface area contributed by atoms with Crippen molar-refractivity contribution >= 4 is 132 Å². The monoisotopic (exact) mass is 1210 g/mol. The van der Waals surface area contributed by atoms with Gasteiger partial charge in [0.2, 0.25) is 0 Å². The molecule has 0 saturated heterocycles. The minimum absolute atomic E-state index is 0.137. The second kappa shape index (κ2) is 123. The van der Waals surface area contributed by atoms with E-state index < -0.39 is 11.9 Å². The SMILES string of the molecule is CC(=O)O.CC(=O)O.CCC(=O)OC(C)(C)C.CCC(=O)OC(C)(C)C.CCC(=O)OC(C)(C)C.CN.CN.CNC.COC(C)=O.CSC.CSC.CSC.CSC.CSSC.N#CP.N#CP.N#CP. The Morgan fingerprint density at radius 3 is 0.583 bits per heavy atom. The summed E-state index contributed by atoms with van der Waals surface area (Å²) in [4.78, 5) is 59.4. The number of nitrogens with zero attached hydrogens (tertiary/aromatic N) is 3. The minimum Gasteiger partial charge on any atom is -0.481 e. The van der Waals surface area contributed by atoms with E-state index in [4.69, 9.17) is 49.8 Å². The molecule has 0 bridgehead atoms. The third kappa shape index (κ3) is 615. The first-order valence-electron chi connectivity index (χ1n) is 20.6. The first-order valence-corrected chi connectivity index (χ1v) is 31.9. The van der Waals surface area contributed by atoms with E-state index in [0.29, 0.717) is 19.3 Å². The van der Waals surface area contributed by atoms with Crippen LogP contribution in [0, 0.1) is 33.2 Å². The lowest BCUT2D eigenvalue weighted by atomic mass is 10.2. The minimum atomic E-state index is -0.833. The Labute approximate surface area is 474 Å². The van der Waals surface area contributed by atoms with Crippen LogP contribution in [-0.2, 0) is 47.7 Å². The van der Waals surface area contributed by atoms with Gasteiger partial charge in [0.15, 0.2) is 0 Å². The number of carboxylic acids is 2. The molecule has 18 nitrogen and oxygen atoms in total. The first kappa shape index (κ1) is 119. The maximum Gasteiger partial charge on any atom is 0.306 e. The van der Waals surface area contributed by atoms with E-state index in [-0.39, 0.29) is 40.7 Å². The predicted octanol–water partition coefficient (Wildman–Crippen LogP) is 11.1. The number of rotatable bonds is 4. The van der Waals surface area contributed by atoms with Crippen LogP contribution in [0.15, 0.2) is 0 Å². The lowest BCUT2D eigenvalue weighted by molar-refractivity contribution is -0.155. The number of esters is 4. The number of hydrogen-bond donors (Lipinski definition) is 5. The lowest BCUT2D eigenvalue weighted by Crippen LogP contribution is -2.23. The van der Waals surface area contributed by atoms with Gasteiger partial charge in [-0.3, -0.25) is 28.8 Å². The molecule has 0 saturated carbocycles. The van der Waals surface area contributed by atoms with Crippen LogP contribution in [-0.4, -0.2) is 161 Å². The fourth-order valence-corrected chi connectivity index (χ4v) is 1.24. The van der Waals surface area contributed by atoms with Gasteiger partial charge in [-0.15, -0.1) is 0 Å². The first-order chi connectivity index (χ1) is 32.8. The van der Waals surface area contributed by atoms with E-state index in [0.717, 1.165) is 13.8 Å². The fourth-order valence-electron chi connectivity index (χ4n) is 1.24. The van der Waals surface area contributed by atoms with E-state index in [2.05, 4.69) is 34.0 Å². The summed E-state index contributed by atoms with van der Waals surface area (Å²) in [5.41, 5.74) is 8.02. The molecule has 3 atom stereocenters. The van der Waals surface area contributed by atoms with Crippen LogP contribution in [0.1, 0.15) is 123 Å². The molecule has 0 fully saturated rings. The molecule has 0 aromatic heterocycles. The zero-order valence-electron chi connectivity index (χ0n) is 50.3. The molecule has 0 aliphatic carbocycles. The number of carboxylic acid groups (broad SMARTS) is 2. The summed E-state index contributed by atoms with van der Waals surface area (Å²) in [7, 11) is 17.3. The zero-order valence-corrected chi connectivity index (χ0v) is 58.6. The summed E-state index contributed by atoms with van der Waals surface area (Å²) in [6.45, 7) is 25.6. The van der Waals surface area contributed by atoms with Crippen molar-refractivity contribution in [3.8, 4) is 17.4 Å². The largest absolute Gasteiger partial charge is 0.481 e. The van der Waals surface area contributed by atoms with Gasteiger partial charge in [0.25, 0.3) is 11.9 Å². The van der Waals surface area contributed by atoms with Crippen LogP contribution in [0.4, 0.5) is 0 Å². The normalized spacial score (nSPS) is 7.50. The van der Waals surface area contributed by atoms with Crippen LogP contribution < -0.4 is 16.8 Å². The molecule has 0 spiro atoms. The van der Waals surface area contributed by atoms with Crippen LogP contribution >= 0.6 is 96.4 Å². The Balaban J connectivity index is -0.0000000306. The number of thioether (sulfide) groups is 4. The quantitative estimate of drug-likeness (QED) is 0.0756. The molecular weight excluding hydrogens is 1100 g/mol. The maximum atomic E-state index is 10.6. The van der Waals surface area contributed by atoms with E-state index in [9.17, 15) is 19.2 Å². The highest BCUT2D eigenvalue weighted by Gasteiger charge is 2.15. The molecule has 0 heterocycles. The molecule has 0 aromatic carbocycles. The molecule has 0 amide bonds. The Morgan fingerprint density at radius 1 is 0.486 bits per heavy atom. The predicted molar refractivity (Wildman–Crippen MR) is 339 cm³/mol. The highest BCUT2D eigenvalue weighted by molar-refractivity contribution is 8.76. The van der Waals surface area contributed by atoms with Crippen LogP contribution in [0.3, 0.4) is 0 Å². The van der Waals surface area contributed by atoms with Crippen molar-refractivity contribution < 1.29 is 57.9 Å². The van der Waals surface area contributed by atoms with Crippen molar-refractivity contribution in [2.24, 2.45) is 11.5 Å². The summed E-state index contributed by atoms with van der Waals surface area (Å²) >= 11 is 7.00. The van der Waals surface area contributed by atoms with Crippen LogP contribution in [0.5, 0.6) is 0 Å². The van der Waals surface area contributed by atoms with Crippen LogP contribution in [0.25, 0.3) is 0 Å². The van der Waals surface area contributed by atoms with E-state index >= 15 is 0 Å². The highest BCUT2D eigenvalue weighted by atomic mass is 33.1. The Bertz CT molecular complexity index is 1010. The molecule has 3 unspecified atom stereocenters. The number of nitriles is 3. The van der Waals surface area contributed by atoms with Crippen molar-refractivity contribution in [2.75, 3.05) is 97.9 Å². The third-order valence-electron chi connectivity index (χ3n) is 2.58. The summed E-state index contributed by atoms with van der Waals surface area (Å²) in [6.07, 6.45) is 21.8. The van der Waals surface area contributed by atoms with Crippen molar-refractivity contribution in [1.29, 1.82) is 15.8 Å². The molecule has 27 heteroatoms. The van der Waals surface area contributed by atoms with Crippen molar-refractivity contribution in [2.45, 2.75) is 140 Å². The highest BCUT2D eigenvalue weighted by Crippen LogP contribution is 2.09.